The summed E-state index contributed by atoms with van der Waals surface area (Å²) < 4.78 is 24.9. The zero-order chi connectivity index (χ0) is 7.61. The molecule has 0 saturated carbocycles. The molecule has 1 rings (SSSR count). The van der Waals surface area contributed by atoms with Gasteiger partial charge in [-0.05, 0) is 13.0 Å². The van der Waals surface area contributed by atoms with Gasteiger partial charge in [-0.25, -0.2) is 0 Å². The maximum absolute atomic E-state index is 12.5. The number of halogens is 2. The van der Waals surface area contributed by atoms with Crippen LogP contribution in [0.5, 0.6) is 0 Å². The van der Waals surface area contributed by atoms with Gasteiger partial charge in [0.2, 0.25) is 0 Å². The summed E-state index contributed by atoms with van der Waals surface area (Å²) in [4.78, 5) is 0. The molecule has 0 spiro atoms. The molecule has 1 fully saturated rings. The molecule has 0 aromatic carbocycles. The second kappa shape index (κ2) is 2.51. The number of rotatable bonds is 1. The Morgan fingerprint density at radius 3 is 2.70 bits per heavy atom. The minimum atomic E-state index is -3.14. The van der Waals surface area contributed by atoms with Gasteiger partial charge in [-0.3, -0.25) is 0 Å². The smallest absolute Gasteiger partial charge is 0.316 e. The molecule has 56 valence electrons. The highest BCUT2D eigenvalue weighted by Gasteiger charge is 2.40. The molecule has 4 heteroatoms. The predicted molar refractivity (Wildman–Crippen MR) is 31.5 cm³/mol. The van der Waals surface area contributed by atoms with Crippen LogP contribution in [0.2, 0.25) is 0 Å². The molecule has 1 atom stereocenters. The van der Waals surface area contributed by atoms with E-state index in [2.05, 4.69) is 5.32 Å². The number of nitriles is 1. The van der Waals surface area contributed by atoms with Crippen molar-refractivity contribution in [3.05, 3.63) is 0 Å². The fraction of sp³-hybridized carbons (Fsp3) is 0.833. The lowest BCUT2D eigenvalue weighted by molar-refractivity contribution is 0.00761. The van der Waals surface area contributed by atoms with E-state index in [1.54, 1.807) is 0 Å². The Morgan fingerprint density at radius 1 is 1.60 bits per heavy atom. The van der Waals surface area contributed by atoms with Crippen molar-refractivity contribution in [2.45, 2.75) is 12.3 Å². The molecule has 1 unspecified atom stereocenters. The number of alkyl halides is 2. The predicted octanol–water partition coefficient (Wildman–Crippen LogP) is 0.755. The van der Waals surface area contributed by atoms with Gasteiger partial charge in [0, 0.05) is 6.54 Å². The van der Waals surface area contributed by atoms with Crippen LogP contribution in [-0.4, -0.2) is 19.0 Å². The molecule has 0 bridgehead atoms. The van der Waals surface area contributed by atoms with Crippen molar-refractivity contribution < 1.29 is 8.78 Å². The van der Waals surface area contributed by atoms with Gasteiger partial charge in [0.05, 0.1) is 5.92 Å². The molecule has 1 aliphatic rings. The van der Waals surface area contributed by atoms with Crippen LogP contribution in [-0.2, 0) is 0 Å². The minimum Gasteiger partial charge on any atom is -0.316 e. The van der Waals surface area contributed by atoms with Crippen LogP contribution in [0.15, 0.2) is 0 Å². The molecule has 0 radical (unpaired) electrons. The molecule has 0 aromatic rings. The topological polar surface area (TPSA) is 35.8 Å². The fourth-order valence-corrected chi connectivity index (χ4v) is 1.06. The Hall–Kier alpha value is -0.690. The Bertz CT molecular complexity index is 156. The van der Waals surface area contributed by atoms with E-state index in [4.69, 9.17) is 5.26 Å². The number of nitrogens with one attached hydrogen (secondary N) is 1. The monoisotopic (exact) mass is 146 g/mol. The lowest BCUT2D eigenvalue weighted by Gasteiger charge is -2.13. The molecule has 0 amide bonds. The zero-order valence-corrected chi connectivity index (χ0v) is 5.40. The Kier molecular flexibility index (Phi) is 1.86. The Balaban J connectivity index is 2.56. The second-order valence-electron chi connectivity index (χ2n) is 2.42. The summed E-state index contributed by atoms with van der Waals surface area (Å²) in [7, 11) is 0. The molecule has 1 N–H and O–H groups in total. The van der Waals surface area contributed by atoms with E-state index in [9.17, 15) is 8.78 Å². The van der Waals surface area contributed by atoms with E-state index in [0.717, 1.165) is 6.07 Å². The summed E-state index contributed by atoms with van der Waals surface area (Å²) in [6.45, 7) is 0.864. The van der Waals surface area contributed by atoms with E-state index in [0.29, 0.717) is 13.0 Å². The van der Waals surface area contributed by atoms with Crippen LogP contribution in [0.25, 0.3) is 0 Å². The van der Waals surface area contributed by atoms with Crippen molar-refractivity contribution in [3.63, 3.8) is 0 Å². The van der Waals surface area contributed by atoms with Crippen molar-refractivity contribution in [2.75, 3.05) is 13.1 Å². The van der Waals surface area contributed by atoms with E-state index in [1.807, 2.05) is 0 Å². The van der Waals surface area contributed by atoms with Gasteiger partial charge in [0.15, 0.2) is 0 Å². The van der Waals surface area contributed by atoms with E-state index in [1.165, 1.54) is 0 Å². The highest BCUT2D eigenvalue weighted by atomic mass is 19.3. The van der Waals surface area contributed by atoms with E-state index < -0.39 is 11.8 Å². The van der Waals surface area contributed by atoms with Crippen LogP contribution in [0.4, 0.5) is 8.78 Å². The number of hydrogen-bond acceptors (Lipinski definition) is 2. The van der Waals surface area contributed by atoms with E-state index in [-0.39, 0.29) is 6.54 Å². The fourth-order valence-electron chi connectivity index (χ4n) is 1.06. The summed E-state index contributed by atoms with van der Waals surface area (Å²) in [6.07, 6.45) is 0.403. The number of hydrogen-bond donors (Lipinski definition) is 1. The van der Waals surface area contributed by atoms with Gasteiger partial charge in [0.25, 0.3) is 0 Å². The van der Waals surface area contributed by atoms with Crippen LogP contribution < -0.4 is 5.32 Å². The maximum atomic E-state index is 12.5. The Labute approximate surface area is 57.8 Å². The van der Waals surface area contributed by atoms with Crippen LogP contribution >= 0.6 is 0 Å². The van der Waals surface area contributed by atoms with E-state index >= 15 is 0 Å². The normalized spacial score (nSPS) is 26.3. The average Bonchev–Trinajstić information content (AvgIpc) is 2.38. The molecule has 1 aliphatic heterocycles. The highest BCUT2D eigenvalue weighted by Crippen LogP contribution is 2.27. The maximum Gasteiger partial charge on any atom is 0.336 e. The van der Waals surface area contributed by atoms with Gasteiger partial charge >= 0.3 is 5.92 Å². The zero-order valence-electron chi connectivity index (χ0n) is 5.40. The van der Waals surface area contributed by atoms with Gasteiger partial charge in [-0.1, -0.05) is 0 Å². The van der Waals surface area contributed by atoms with Crippen LogP contribution in [0.3, 0.4) is 0 Å². The van der Waals surface area contributed by atoms with Crippen molar-refractivity contribution >= 4 is 0 Å². The largest absolute Gasteiger partial charge is 0.336 e. The first kappa shape index (κ1) is 7.42. The molecular weight excluding hydrogens is 138 g/mol. The third-order valence-electron chi connectivity index (χ3n) is 1.72. The highest BCUT2D eigenvalue weighted by molar-refractivity contribution is 4.99. The molecule has 2 nitrogen and oxygen atoms in total. The third kappa shape index (κ3) is 1.24. The summed E-state index contributed by atoms with van der Waals surface area (Å²) >= 11 is 0. The first-order valence-corrected chi connectivity index (χ1v) is 3.16. The average molecular weight is 146 g/mol. The SMILES string of the molecule is N#CC(F)(F)C1CCNC1. The standard InChI is InChI=1S/C6H8F2N2/c7-6(8,4-9)5-1-2-10-3-5/h5,10H,1-3H2. The lowest BCUT2D eigenvalue weighted by Crippen LogP contribution is -2.27. The Morgan fingerprint density at radius 2 is 2.30 bits per heavy atom. The number of nitrogens with zero attached hydrogens (tertiary/aromatic N) is 1. The van der Waals surface area contributed by atoms with Crippen molar-refractivity contribution in [3.8, 4) is 6.07 Å². The molecule has 10 heavy (non-hydrogen) atoms. The first-order chi connectivity index (χ1) is 4.67. The first-order valence-electron chi connectivity index (χ1n) is 3.16. The summed E-state index contributed by atoms with van der Waals surface area (Å²) in [5.41, 5.74) is 0. The van der Waals surface area contributed by atoms with Gasteiger partial charge in [-0.2, -0.15) is 14.0 Å². The van der Waals surface area contributed by atoms with Crippen molar-refractivity contribution in [2.24, 2.45) is 5.92 Å². The molecule has 0 aromatic heterocycles. The minimum absolute atomic E-state index is 0.264. The summed E-state index contributed by atoms with van der Waals surface area (Å²) in [6, 6.07) is 1.01. The lowest BCUT2D eigenvalue weighted by atomic mass is 10.0. The summed E-state index contributed by atoms with van der Waals surface area (Å²) in [5.74, 6) is -3.92. The third-order valence-corrected chi connectivity index (χ3v) is 1.72. The molecule has 1 saturated heterocycles. The van der Waals surface area contributed by atoms with Gasteiger partial charge in [-0.15, -0.1) is 0 Å². The van der Waals surface area contributed by atoms with Crippen LogP contribution in [0.1, 0.15) is 6.42 Å². The molecule has 1 heterocycles. The summed E-state index contributed by atoms with van der Waals surface area (Å²) in [5, 5.41) is 10.8. The van der Waals surface area contributed by atoms with Crippen molar-refractivity contribution in [1.82, 2.24) is 5.32 Å². The van der Waals surface area contributed by atoms with Gasteiger partial charge < -0.3 is 5.32 Å². The molecular formula is C6H8F2N2. The molecule has 0 aliphatic carbocycles. The van der Waals surface area contributed by atoms with Gasteiger partial charge in [0.1, 0.15) is 6.07 Å². The quantitative estimate of drug-likeness (QED) is 0.592. The second-order valence-corrected chi connectivity index (χ2v) is 2.42. The van der Waals surface area contributed by atoms with Crippen molar-refractivity contribution in [1.29, 1.82) is 5.26 Å². The van der Waals surface area contributed by atoms with Crippen LogP contribution in [0, 0.1) is 17.2 Å².